The van der Waals surface area contributed by atoms with E-state index in [-0.39, 0.29) is 5.78 Å². The molecule has 5 heteroatoms. The Morgan fingerprint density at radius 2 is 1.75 bits per heavy atom. The number of rotatable bonds is 1. The lowest BCUT2D eigenvalue weighted by molar-refractivity contribution is 0.100. The van der Waals surface area contributed by atoms with Crippen molar-refractivity contribution in [2.75, 3.05) is 0 Å². The Kier molecular flexibility index (Phi) is 3.47. The van der Waals surface area contributed by atoms with Crippen LogP contribution in [0.2, 0.25) is 0 Å². The number of alkyl halides is 3. The summed E-state index contributed by atoms with van der Waals surface area (Å²) in [7, 11) is 0. The molecule has 0 fully saturated rings. The molecule has 0 bridgehead atoms. The molecule has 0 saturated carbocycles. The number of benzene rings is 1. The van der Waals surface area contributed by atoms with E-state index in [2.05, 4.69) is 52.8 Å². The number of hydrogen-bond donors (Lipinski definition) is 0. The maximum atomic E-state index is 11.9. The van der Waals surface area contributed by atoms with Gasteiger partial charge in [-0.2, -0.15) is 0 Å². The maximum absolute atomic E-state index is 11.9. The lowest BCUT2D eigenvalue weighted by atomic mass is 10.2. The van der Waals surface area contributed by atoms with Gasteiger partial charge in [-0.1, -0.05) is 72.1 Å². The average Bonchev–Trinajstić information content (AvgIpc) is 2.26. The summed E-state index contributed by atoms with van der Waals surface area (Å²) < 4.78 is -0.942. The molecule has 0 aliphatic carbocycles. The van der Waals surface area contributed by atoms with Crippen LogP contribution in [0.15, 0.2) is 36.4 Å². The molecule has 82 valence electrons. The van der Waals surface area contributed by atoms with E-state index >= 15 is 0 Å². The van der Waals surface area contributed by atoms with Crippen LogP contribution in [0.3, 0.4) is 0 Å². The van der Waals surface area contributed by atoms with Gasteiger partial charge in [0.05, 0.1) is 5.52 Å². The number of carbonyl (C=O) groups is 1. The lowest BCUT2D eigenvalue weighted by Crippen LogP contribution is -2.18. The van der Waals surface area contributed by atoms with Crippen LogP contribution in [-0.4, -0.2) is 12.9 Å². The molecule has 0 aliphatic heterocycles. The van der Waals surface area contributed by atoms with Crippen LogP contribution in [0.25, 0.3) is 10.9 Å². The van der Waals surface area contributed by atoms with Gasteiger partial charge in [0.25, 0.3) is 0 Å². The summed E-state index contributed by atoms with van der Waals surface area (Å²) in [5, 5.41) is 1.02. The van der Waals surface area contributed by atoms with Gasteiger partial charge in [0.15, 0.2) is 2.14 Å². The third-order valence-electron chi connectivity index (χ3n) is 2.09. The third kappa shape index (κ3) is 2.52. The van der Waals surface area contributed by atoms with Crippen LogP contribution in [0.5, 0.6) is 0 Å². The maximum Gasteiger partial charge on any atom is 0.219 e. The standard InChI is InChI=1S/C11H6Br3NO/c12-11(13,14)10(16)9-6-5-7-3-1-2-4-8(7)15-9/h1-6H. The molecule has 0 amide bonds. The number of carbonyl (C=O) groups excluding carboxylic acids is 1. The van der Waals surface area contributed by atoms with E-state index in [9.17, 15) is 4.79 Å². The molecule has 0 saturated heterocycles. The number of hydrogen-bond acceptors (Lipinski definition) is 2. The zero-order valence-electron chi connectivity index (χ0n) is 7.95. The van der Waals surface area contributed by atoms with Crippen molar-refractivity contribution in [2.45, 2.75) is 2.14 Å². The number of para-hydroxylation sites is 1. The minimum atomic E-state index is -0.942. The van der Waals surface area contributed by atoms with Crippen molar-refractivity contribution in [3.8, 4) is 0 Å². The van der Waals surface area contributed by atoms with Crippen LogP contribution >= 0.6 is 47.8 Å². The number of Topliss-reactive ketones (excluding diaryl/α,β-unsaturated/α-hetero) is 1. The van der Waals surface area contributed by atoms with Crippen molar-refractivity contribution in [1.29, 1.82) is 0 Å². The van der Waals surface area contributed by atoms with Crippen molar-refractivity contribution in [3.05, 3.63) is 42.1 Å². The Labute approximate surface area is 118 Å². The highest BCUT2D eigenvalue weighted by molar-refractivity contribution is 9.40. The molecule has 2 aromatic rings. The molecule has 0 atom stereocenters. The molecule has 1 aromatic heterocycles. The van der Waals surface area contributed by atoms with Crippen LogP contribution < -0.4 is 0 Å². The van der Waals surface area contributed by atoms with Gasteiger partial charge in [-0.25, -0.2) is 4.98 Å². The number of ketones is 1. The van der Waals surface area contributed by atoms with Crippen LogP contribution in [0.1, 0.15) is 10.5 Å². The van der Waals surface area contributed by atoms with Crippen LogP contribution in [0, 0.1) is 0 Å². The average molecular weight is 408 g/mol. The molecule has 2 nitrogen and oxygen atoms in total. The molecule has 2 rings (SSSR count). The van der Waals surface area contributed by atoms with Gasteiger partial charge in [0, 0.05) is 5.39 Å². The summed E-state index contributed by atoms with van der Waals surface area (Å²) in [5.41, 5.74) is 1.22. The van der Waals surface area contributed by atoms with E-state index in [1.54, 1.807) is 6.07 Å². The summed E-state index contributed by atoms with van der Waals surface area (Å²) >= 11 is 9.57. The smallest absolute Gasteiger partial charge is 0.219 e. The molecule has 0 unspecified atom stereocenters. The molecule has 0 radical (unpaired) electrons. The number of aromatic nitrogens is 1. The third-order valence-corrected chi connectivity index (χ3v) is 3.17. The highest BCUT2D eigenvalue weighted by atomic mass is 80.0. The fraction of sp³-hybridized carbons (Fsp3) is 0.0909. The van der Waals surface area contributed by atoms with Crippen molar-refractivity contribution in [1.82, 2.24) is 4.98 Å². The number of nitrogens with zero attached hydrogens (tertiary/aromatic N) is 1. The Hall–Kier alpha value is -0.260. The number of halogens is 3. The summed E-state index contributed by atoms with van der Waals surface area (Å²) in [6, 6.07) is 11.3. The van der Waals surface area contributed by atoms with Gasteiger partial charge < -0.3 is 0 Å². The summed E-state index contributed by atoms with van der Waals surface area (Å²) in [4.78, 5) is 16.2. The number of pyridine rings is 1. The molecule has 16 heavy (non-hydrogen) atoms. The second-order valence-corrected chi connectivity index (χ2v) is 9.98. The molecule has 0 spiro atoms. The van der Waals surface area contributed by atoms with Gasteiger partial charge in [-0.05, 0) is 12.1 Å². The van der Waals surface area contributed by atoms with Gasteiger partial charge in [0.1, 0.15) is 5.69 Å². The zero-order chi connectivity index (χ0) is 11.8. The molecular formula is C11H6Br3NO. The van der Waals surface area contributed by atoms with E-state index in [0.29, 0.717) is 5.69 Å². The fourth-order valence-corrected chi connectivity index (χ4v) is 1.95. The van der Waals surface area contributed by atoms with Crippen molar-refractivity contribution in [3.63, 3.8) is 0 Å². The van der Waals surface area contributed by atoms with E-state index in [1.165, 1.54) is 0 Å². The fourth-order valence-electron chi connectivity index (χ4n) is 1.34. The molecule has 0 N–H and O–H groups in total. The summed E-state index contributed by atoms with van der Waals surface area (Å²) in [5.74, 6) is -0.168. The molecular weight excluding hydrogens is 402 g/mol. The Balaban J connectivity index is 2.52. The first-order chi connectivity index (χ1) is 7.48. The Morgan fingerprint density at radius 1 is 1.06 bits per heavy atom. The van der Waals surface area contributed by atoms with Gasteiger partial charge in [-0.15, -0.1) is 0 Å². The van der Waals surface area contributed by atoms with Crippen LogP contribution in [0.4, 0.5) is 0 Å². The summed E-state index contributed by atoms with van der Waals surface area (Å²) in [6.45, 7) is 0. The molecule has 1 aromatic carbocycles. The quantitative estimate of drug-likeness (QED) is 0.522. The topological polar surface area (TPSA) is 30.0 Å². The summed E-state index contributed by atoms with van der Waals surface area (Å²) in [6.07, 6.45) is 0. The monoisotopic (exact) mass is 405 g/mol. The van der Waals surface area contributed by atoms with Gasteiger partial charge >= 0.3 is 0 Å². The van der Waals surface area contributed by atoms with Gasteiger partial charge in [0.2, 0.25) is 5.78 Å². The first kappa shape index (κ1) is 12.2. The largest absolute Gasteiger partial charge is 0.289 e. The predicted molar refractivity (Wildman–Crippen MR) is 75.6 cm³/mol. The van der Waals surface area contributed by atoms with E-state index in [0.717, 1.165) is 10.9 Å². The second-order valence-electron chi connectivity index (χ2n) is 3.22. The van der Waals surface area contributed by atoms with E-state index in [1.807, 2.05) is 30.3 Å². The lowest BCUT2D eigenvalue weighted by Gasteiger charge is -2.10. The first-order valence-corrected chi connectivity index (χ1v) is 6.84. The first-order valence-electron chi connectivity index (χ1n) is 4.46. The highest BCUT2D eigenvalue weighted by Crippen LogP contribution is 2.36. The van der Waals surface area contributed by atoms with Crippen molar-refractivity contribution < 1.29 is 4.79 Å². The van der Waals surface area contributed by atoms with Crippen molar-refractivity contribution >= 4 is 64.5 Å². The van der Waals surface area contributed by atoms with E-state index < -0.39 is 2.14 Å². The Morgan fingerprint density at radius 3 is 2.44 bits per heavy atom. The second kappa shape index (κ2) is 4.55. The number of fused-ring (bicyclic) bond motifs is 1. The SMILES string of the molecule is O=C(c1ccc2ccccc2n1)C(Br)(Br)Br. The molecule has 0 aliphatic rings. The Bertz CT molecular complexity index is 548. The highest BCUT2D eigenvalue weighted by Gasteiger charge is 2.30. The zero-order valence-corrected chi connectivity index (χ0v) is 12.7. The van der Waals surface area contributed by atoms with E-state index in [4.69, 9.17) is 0 Å². The predicted octanol–water partition coefficient (Wildman–Crippen LogP) is 4.26. The van der Waals surface area contributed by atoms with Gasteiger partial charge in [-0.3, -0.25) is 4.79 Å². The minimum absolute atomic E-state index is 0.168. The van der Waals surface area contributed by atoms with Crippen molar-refractivity contribution in [2.24, 2.45) is 0 Å². The normalized spacial score (nSPS) is 11.7. The van der Waals surface area contributed by atoms with Crippen LogP contribution in [-0.2, 0) is 0 Å². The molecule has 1 heterocycles. The minimum Gasteiger partial charge on any atom is -0.289 e.